The van der Waals surface area contributed by atoms with Crippen LogP contribution in [0.1, 0.15) is 11.3 Å². The smallest absolute Gasteiger partial charge is 0.312 e. The van der Waals surface area contributed by atoms with Crippen molar-refractivity contribution in [1.29, 1.82) is 0 Å². The van der Waals surface area contributed by atoms with E-state index in [0.29, 0.717) is 13.0 Å². The van der Waals surface area contributed by atoms with Crippen LogP contribution in [0.5, 0.6) is 0 Å². The van der Waals surface area contributed by atoms with Crippen molar-refractivity contribution >= 4 is 10.1 Å². The quantitative estimate of drug-likeness (QED) is 0.642. The molecular weight excluding hydrogens is 204 g/mol. The van der Waals surface area contributed by atoms with E-state index in [1.165, 1.54) is 6.07 Å². The first kappa shape index (κ1) is 9.57. The Balaban J connectivity index is 2.49. The number of nitrogens with one attached hydrogen (secondary N) is 1. The highest BCUT2D eigenvalue weighted by Gasteiger charge is 2.16. The largest absolute Gasteiger partial charge is 0.312 e. The number of pyridine rings is 1. The molecule has 0 fully saturated rings. The van der Waals surface area contributed by atoms with Crippen molar-refractivity contribution in [1.82, 2.24) is 10.3 Å². The molecule has 0 saturated heterocycles. The molecule has 76 valence electrons. The molecule has 2 heterocycles. The van der Waals surface area contributed by atoms with Crippen LogP contribution in [0.2, 0.25) is 0 Å². The summed E-state index contributed by atoms with van der Waals surface area (Å²) in [5, 5.41) is 2.88. The van der Waals surface area contributed by atoms with Gasteiger partial charge < -0.3 is 5.32 Å². The lowest BCUT2D eigenvalue weighted by Gasteiger charge is -2.15. The fraction of sp³-hybridized carbons (Fsp3) is 0.375. The molecule has 14 heavy (non-hydrogen) atoms. The van der Waals surface area contributed by atoms with Gasteiger partial charge in [0, 0.05) is 25.2 Å². The topological polar surface area (TPSA) is 79.3 Å². The molecule has 0 radical (unpaired) electrons. The summed E-state index contributed by atoms with van der Waals surface area (Å²) >= 11 is 0. The number of hydrogen-bond acceptors (Lipinski definition) is 4. The van der Waals surface area contributed by atoms with Crippen LogP contribution in [0.3, 0.4) is 0 Å². The van der Waals surface area contributed by atoms with E-state index in [1.54, 1.807) is 6.07 Å². The average molecular weight is 214 g/mol. The van der Waals surface area contributed by atoms with Gasteiger partial charge in [0.15, 0.2) is 5.03 Å². The zero-order valence-electron chi connectivity index (χ0n) is 7.40. The molecule has 5 nitrogen and oxygen atoms in total. The zero-order chi connectivity index (χ0) is 10.2. The average Bonchev–Trinajstić information content (AvgIpc) is 2.16. The molecule has 1 aromatic heterocycles. The number of fused-ring (bicyclic) bond motifs is 1. The van der Waals surface area contributed by atoms with Gasteiger partial charge in [-0.2, -0.15) is 8.42 Å². The molecule has 2 rings (SSSR count). The van der Waals surface area contributed by atoms with Gasteiger partial charge in [-0.3, -0.25) is 4.55 Å². The fourth-order valence-electron chi connectivity index (χ4n) is 1.46. The fourth-order valence-corrected chi connectivity index (χ4v) is 1.93. The predicted molar refractivity (Wildman–Crippen MR) is 49.5 cm³/mol. The van der Waals surface area contributed by atoms with Crippen LogP contribution in [0, 0.1) is 0 Å². The molecule has 1 aliphatic heterocycles. The minimum atomic E-state index is -4.17. The van der Waals surface area contributed by atoms with Crippen molar-refractivity contribution < 1.29 is 13.0 Å². The number of rotatable bonds is 1. The lowest BCUT2D eigenvalue weighted by Crippen LogP contribution is -2.25. The van der Waals surface area contributed by atoms with E-state index in [4.69, 9.17) is 4.55 Å². The maximum Gasteiger partial charge on any atom is 0.312 e. The van der Waals surface area contributed by atoms with Gasteiger partial charge in [-0.1, -0.05) is 6.07 Å². The van der Waals surface area contributed by atoms with Crippen LogP contribution in [0.15, 0.2) is 17.2 Å². The Morgan fingerprint density at radius 2 is 2.21 bits per heavy atom. The summed E-state index contributed by atoms with van der Waals surface area (Å²) in [6, 6.07) is 3.00. The van der Waals surface area contributed by atoms with Crippen molar-refractivity contribution in [2.24, 2.45) is 0 Å². The molecule has 0 aliphatic carbocycles. The number of hydrogen-bond donors (Lipinski definition) is 2. The van der Waals surface area contributed by atoms with Gasteiger partial charge in [-0.05, 0) is 11.6 Å². The van der Waals surface area contributed by atoms with Crippen LogP contribution in [-0.2, 0) is 23.1 Å². The van der Waals surface area contributed by atoms with E-state index in [0.717, 1.165) is 17.8 Å². The van der Waals surface area contributed by atoms with Crippen molar-refractivity contribution in [3.05, 3.63) is 23.4 Å². The van der Waals surface area contributed by atoms with E-state index in [-0.39, 0.29) is 5.03 Å². The van der Waals surface area contributed by atoms with E-state index in [2.05, 4.69) is 10.3 Å². The first-order chi connectivity index (χ1) is 6.57. The Kier molecular flexibility index (Phi) is 2.26. The normalized spacial score (nSPS) is 16.4. The highest BCUT2D eigenvalue weighted by atomic mass is 32.2. The van der Waals surface area contributed by atoms with E-state index in [9.17, 15) is 8.42 Å². The summed E-state index contributed by atoms with van der Waals surface area (Å²) in [6.45, 7) is 1.49. The number of nitrogens with zero attached hydrogens (tertiary/aromatic N) is 1. The molecule has 0 amide bonds. The van der Waals surface area contributed by atoms with Crippen LogP contribution >= 0.6 is 0 Å². The van der Waals surface area contributed by atoms with Gasteiger partial charge in [-0.25, -0.2) is 4.98 Å². The van der Waals surface area contributed by atoms with Gasteiger partial charge in [0.05, 0.1) is 0 Å². The highest BCUT2D eigenvalue weighted by Crippen LogP contribution is 2.14. The third-order valence-corrected chi connectivity index (χ3v) is 2.92. The standard InChI is InChI=1S/C8H10N2O3S/c11-14(12,13)8-2-1-6-5-9-4-3-7(6)10-8/h1-2,9H,3-5H2,(H,11,12,13). The molecule has 0 aromatic carbocycles. The second-order valence-electron chi connectivity index (χ2n) is 3.16. The lowest BCUT2D eigenvalue weighted by molar-refractivity contribution is 0.478. The van der Waals surface area contributed by atoms with Gasteiger partial charge in [0.1, 0.15) is 0 Å². The third kappa shape index (κ3) is 1.77. The molecule has 1 aromatic rings. The molecule has 1 aliphatic rings. The summed E-state index contributed by atoms with van der Waals surface area (Å²) in [5.41, 5.74) is 1.74. The Hall–Kier alpha value is -0.980. The molecule has 6 heteroatoms. The molecular formula is C8H10N2O3S. The summed E-state index contributed by atoms with van der Waals surface area (Å²) in [4.78, 5) is 3.91. The van der Waals surface area contributed by atoms with Gasteiger partial charge in [0.2, 0.25) is 0 Å². The first-order valence-corrected chi connectivity index (χ1v) is 5.68. The van der Waals surface area contributed by atoms with Gasteiger partial charge >= 0.3 is 10.1 Å². The number of aromatic nitrogens is 1. The summed E-state index contributed by atoms with van der Waals surface area (Å²) in [5.74, 6) is 0. The lowest BCUT2D eigenvalue weighted by atomic mass is 10.1. The monoisotopic (exact) mass is 214 g/mol. The second-order valence-corrected chi connectivity index (χ2v) is 4.53. The minimum Gasteiger partial charge on any atom is -0.312 e. The minimum absolute atomic E-state index is 0.266. The van der Waals surface area contributed by atoms with Crippen molar-refractivity contribution in [3.8, 4) is 0 Å². The van der Waals surface area contributed by atoms with Crippen molar-refractivity contribution in [3.63, 3.8) is 0 Å². The van der Waals surface area contributed by atoms with Crippen LogP contribution in [0.4, 0.5) is 0 Å². The SMILES string of the molecule is O=S(=O)(O)c1ccc2c(n1)CCNC2. The Bertz CT molecular complexity index is 456. The zero-order valence-corrected chi connectivity index (χ0v) is 8.21. The van der Waals surface area contributed by atoms with Crippen molar-refractivity contribution in [2.75, 3.05) is 6.54 Å². The first-order valence-electron chi connectivity index (χ1n) is 4.24. The molecule has 0 saturated carbocycles. The maximum atomic E-state index is 10.8. The van der Waals surface area contributed by atoms with E-state index >= 15 is 0 Å². The summed E-state index contributed by atoms with van der Waals surface area (Å²) < 4.78 is 30.4. The Morgan fingerprint density at radius 1 is 1.43 bits per heavy atom. The highest BCUT2D eigenvalue weighted by molar-refractivity contribution is 7.85. The van der Waals surface area contributed by atoms with E-state index < -0.39 is 10.1 Å². The molecule has 0 unspecified atom stereocenters. The van der Waals surface area contributed by atoms with Crippen LogP contribution in [0.25, 0.3) is 0 Å². The predicted octanol–water partition coefficient (Wildman–Crippen LogP) is -0.0260. The Morgan fingerprint density at radius 3 is 2.93 bits per heavy atom. The summed E-state index contributed by atoms with van der Waals surface area (Å²) in [7, 11) is -4.17. The molecule has 0 atom stereocenters. The second kappa shape index (κ2) is 3.30. The third-order valence-electron chi connectivity index (χ3n) is 2.16. The van der Waals surface area contributed by atoms with Crippen LogP contribution in [-0.4, -0.2) is 24.5 Å². The maximum absolute atomic E-state index is 10.8. The van der Waals surface area contributed by atoms with Crippen LogP contribution < -0.4 is 5.32 Å². The molecule has 0 bridgehead atoms. The summed E-state index contributed by atoms with van der Waals surface area (Å²) in [6.07, 6.45) is 0.693. The molecule has 0 spiro atoms. The Labute approximate surface area is 81.9 Å². The molecule has 2 N–H and O–H groups in total. The van der Waals surface area contributed by atoms with Gasteiger partial charge in [-0.15, -0.1) is 0 Å². The van der Waals surface area contributed by atoms with E-state index in [1.807, 2.05) is 0 Å². The van der Waals surface area contributed by atoms with Crippen molar-refractivity contribution in [2.45, 2.75) is 18.0 Å². The van der Waals surface area contributed by atoms with Gasteiger partial charge in [0.25, 0.3) is 0 Å².